The number of hydrogen-bond donors (Lipinski definition) is 0. The first-order valence-corrected chi connectivity index (χ1v) is 9.62. The van der Waals surface area contributed by atoms with E-state index in [0.29, 0.717) is 0 Å². The third-order valence-corrected chi connectivity index (χ3v) is 5.23. The molecule has 2 rings (SSSR count). The van der Waals surface area contributed by atoms with Crippen LogP contribution in [0.4, 0.5) is 32.0 Å². The maximum absolute atomic E-state index is 13.7. The Balaban J connectivity index is 2.29. The molecule has 0 aliphatic heterocycles. The molecular weight excluding hydrogens is 430 g/mol. The first kappa shape index (κ1) is 23.9. The Hall–Kier alpha value is -2.36. The summed E-state index contributed by atoms with van der Waals surface area (Å²) in [5, 5.41) is 0. The fraction of sp³-hybridized carbons (Fsp3) is 0.350. The average molecular weight is 450 g/mol. The first-order chi connectivity index (χ1) is 13.8. The molecule has 30 heavy (non-hydrogen) atoms. The van der Waals surface area contributed by atoms with Crippen molar-refractivity contribution in [1.82, 2.24) is 4.90 Å². The minimum Gasteiger partial charge on any atom is -0.423 e. The van der Waals surface area contributed by atoms with Gasteiger partial charge in [-0.1, -0.05) is 11.8 Å². The van der Waals surface area contributed by atoms with Crippen molar-refractivity contribution in [3.8, 4) is 5.75 Å². The van der Waals surface area contributed by atoms with Gasteiger partial charge >= 0.3 is 12.3 Å². The van der Waals surface area contributed by atoms with Crippen molar-refractivity contribution in [2.45, 2.75) is 42.8 Å². The van der Waals surface area contributed by atoms with E-state index in [2.05, 4.69) is 9.73 Å². The number of aliphatic imine (C=N–C) groups is 1. The summed E-state index contributed by atoms with van der Waals surface area (Å²) in [5.74, 6) is -2.50. The smallest absolute Gasteiger partial charge is 0.423 e. The Morgan fingerprint density at radius 3 is 2.33 bits per heavy atom. The number of ether oxygens (including phenoxy) is 1. The molecule has 0 aromatic heterocycles. The summed E-state index contributed by atoms with van der Waals surface area (Å²) in [4.78, 5) is 7.27. The van der Waals surface area contributed by atoms with Gasteiger partial charge in [-0.3, -0.25) is 0 Å². The Morgan fingerprint density at radius 2 is 1.73 bits per heavy atom. The number of nitrogens with zero attached hydrogens (tertiary/aromatic N) is 2. The zero-order valence-electron chi connectivity index (χ0n) is 16.6. The molecule has 0 heterocycles. The third kappa shape index (κ3) is 5.84. The van der Waals surface area contributed by atoms with E-state index in [1.165, 1.54) is 6.07 Å². The van der Waals surface area contributed by atoms with Gasteiger partial charge in [0, 0.05) is 23.4 Å². The number of hydrogen-bond acceptors (Lipinski definition) is 3. The quantitative estimate of drug-likeness (QED) is 0.265. The molecule has 0 amide bonds. The van der Waals surface area contributed by atoms with Gasteiger partial charge in [0.1, 0.15) is 0 Å². The predicted octanol–water partition coefficient (Wildman–Crippen LogP) is 6.74. The van der Waals surface area contributed by atoms with Gasteiger partial charge in [-0.25, -0.2) is 9.38 Å². The van der Waals surface area contributed by atoms with E-state index in [1.54, 1.807) is 6.34 Å². The fourth-order valence-electron chi connectivity index (χ4n) is 2.21. The van der Waals surface area contributed by atoms with Gasteiger partial charge in [0.25, 0.3) is 0 Å². The number of benzene rings is 2. The van der Waals surface area contributed by atoms with Crippen LogP contribution in [0.5, 0.6) is 5.75 Å². The summed E-state index contributed by atoms with van der Waals surface area (Å²) >= 11 is 1.09. The van der Waals surface area contributed by atoms with Crippen LogP contribution in [-0.4, -0.2) is 37.1 Å². The molecule has 164 valence electrons. The van der Waals surface area contributed by atoms with E-state index in [9.17, 15) is 26.3 Å². The monoisotopic (exact) mass is 450 g/mol. The molecule has 0 fully saturated rings. The van der Waals surface area contributed by atoms with E-state index in [-0.39, 0.29) is 4.90 Å². The van der Waals surface area contributed by atoms with Gasteiger partial charge in [0.15, 0.2) is 11.6 Å². The summed E-state index contributed by atoms with van der Waals surface area (Å²) in [6.07, 6.45) is -9.77. The first-order valence-electron chi connectivity index (χ1n) is 8.80. The number of alkyl halides is 5. The van der Waals surface area contributed by atoms with Gasteiger partial charge in [-0.15, -0.1) is 0 Å². The Morgan fingerprint density at radius 1 is 1.07 bits per heavy atom. The fourth-order valence-corrected chi connectivity index (χ4v) is 3.23. The topological polar surface area (TPSA) is 24.8 Å². The van der Waals surface area contributed by atoms with Crippen molar-refractivity contribution in [2.75, 3.05) is 13.6 Å². The molecule has 0 radical (unpaired) electrons. The normalized spacial score (nSPS) is 12.5. The number of aryl methyl sites for hydroxylation is 2. The summed E-state index contributed by atoms with van der Waals surface area (Å²) in [7, 11) is 1.88. The summed E-state index contributed by atoms with van der Waals surface area (Å²) < 4.78 is 80.7. The van der Waals surface area contributed by atoms with Crippen LogP contribution in [0.2, 0.25) is 0 Å². The average Bonchev–Trinajstić information content (AvgIpc) is 2.64. The van der Waals surface area contributed by atoms with Gasteiger partial charge < -0.3 is 9.64 Å². The molecule has 2 aromatic carbocycles. The van der Waals surface area contributed by atoms with Crippen LogP contribution in [0.25, 0.3) is 0 Å². The second-order valence-corrected chi connectivity index (χ2v) is 7.65. The molecule has 0 saturated carbocycles. The molecular formula is C20H20F6N2OS. The molecule has 2 aromatic rings. The van der Waals surface area contributed by atoms with Crippen LogP contribution in [0, 0.1) is 19.7 Å². The van der Waals surface area contributed by atoms with Crippen molar-refractivity contribution in [2.24, 2.45) is 4.99 Å². The summed E-state index contributed by atoms with van der Waals surface area (Å²) in [5.41, 5.74) is 2.39. The van der Waals surface area contributed by atoms with Gasteiger partial charge in [-0.2, -0.15) is 22.0 Å². The molecule has 0 spiro atoms. The third-order valence-electron chi connectivity index (χ3n) is 4.08. The molecule has 0 atom stereocenters. The molecule has 0 unspecified atom stereocenters. The van der Waals surface area contributed by atoms with Crippen LogP contribution < -0.4 is 4.74 Å². The molecule has 0 N–H and O–H groups in total. The van der Waals surface area contributed by atoms with Crippen LogP contribution in [-0.2, 0) is 0 Å². The van der Waals surface area contributed by atoms with Gasteiger partial charge in [0.2, 0.25) is 0 Å². The molecule has 0 aliphatic carbocycles. The van der Waals surface area contributed by atoms with Crippen LogP contribution >= 0.6 is 11.8 Å². The lowest BCUT2D eigenvalue weighted by atomic mass is 10.1. The van der Waals surface area contributed by atoms with E-state index in [0.717, 1.165) is 52.1 Å². The zero-order chi connectivity index (χ0) is 22.7. The predicted molar refractivity (Wildman–Crippen MR) is 105 cm³/mol. The lowest BCUT2D eigenvalue weighted by molar-refractivity contribution is -0.361. The van der Waals surface area contributed by atoms with Crippen molar-refractivity contribution in [3.63, 3.8) is 0 Å². The largest absolute Gasteiger partial charge is 0.499 e. The molecule has 3 nitrogen and oxygen atoms in total. The van der Waals surface area contributed by atoms with Gasteiger partial charge in [-0.05, 0) is 62.2 Å². The van der Waals surface area contributed by atoms with Crippen molar-refractivity contribution >= 4 is 23.8 Å². The maximum Gasteiger partial charge on any atom is 0.499 e. The second kappa shape index (κ2) is 9.20. The summed E-state index contributed by atoms with van der Waals surface area (Å²) in [6.45, 7) is 6.42. The van der Waals surface area contributed by atoms with Crippen LogP contribution in [0.3, 0.4) is 0 Å². The SMILES string of the molecule is CCN(C)C=Nc1cc(C)c(Sc2ccc(F)c(OC(F)(F)C(F)(F)F)c2)cc1C. The maximum atomic E-state index is 13.7. The van der Waals surface area contributed by atoms with Gasteiger partial charge in [0.05, 0.1) is 12.0 Å². The highest BCUT2D eigenvalue weighted by atomic mass is 32.2. The highest BCUT2D eigenvalue weighted by molar-refractivity contribution is 7.99. The van der Waals surface area contributed by atoms with E-state index >= 15 is 0 Å². The molecule has 10 heteroatoms. The molecule has 0 saturated heterocycles. The lowest BCUT2D eigenvalue weighted by Crippen LogP contribution is -2.42. The Kier molecular flexibility index (Phi) is 7.33. The zero-order valence-corrected chi connectivity index (χ0v) is 17.5. The van der Waals surface area contributed by atoms with E-state index in [4.69, 9.17) is 0 Å². The molecule has 0 bridgehead atoms. The Bertz CT molecular complexity index is 930. The van der Waals surface area contributed by atoms with Crippen LogP contribution in [0.1, 0.15) is 18.1 Å². The second-order valence-electron chi connectivity index (χ2n) is 6.53. The minimum atomic E-state index is -5.96. The molecule has 0 aliphatic rings. The van der Waals surface area contributed by atoms with E-state index in [1.807, 2.05) is 44.9 Å². The highest BCUT2D eigenvalue weighted by Gasteiger charge is 2.61. The number of rotatable bonds is 7. The van der Waals surface area contributed by atoms with Crippen LogP contribution in [0.15, 0.2) is 45.1 Å². The standard InChI is InChI=1S/C20H20F6N2OS/c1-5-28(4)11-27-16-8-13(3)18(9-12(16)2)30-14-6-7-15(21)17(10-14)29-20(25,26)19(22,23)24/h6-11H,5H2,1-4H3. The number of halogens is 6. The minimum absolute atomic E-state index is 0.244. The van der Waals surface area contributed by atoms with E-state index < -0.39 is 23.9 Å². The van der Waals surface area contributed by atoms with Crippen molar-refractivity contribution in [3.05, 3.63) is 47.3 Å². The summed E-state index contributed by atoms with van der Waals surface area (Å²) in [6, 6.07) is 6.51. The van der Waals surface area contributed by atoms with Crippen molar-refractivity contribution in [1.29, 1.82) is 0 Å². The lowest BCUT2D eigenvalue weighted by Gasteiger charge is -2.20. The van der Waals surface area contributed by atoms with Crippen molar-refractivity contribution < 1.29 is 31.1 Å². The highest BCUT2D eigenvalue weighted by Crippen LogP contribution is 2.40. The Labute approximate surface area is 174 Å².